The van der Waals surface area contributed by atoms with E-state index in [9.17, 15) is 13.2 Å². The summed E-state index contributed by atoms with van der Waals surface area (Å²) in [5.74, 6) is 0.325. The van der Waals surface area contributed by atoms with Crippen LogP contribution in [0, 0.1) is 3.57 Å². The highest BCUT2D eigenvalue weighted by atomic mass is 127. The van der Waals surface area contributed by atoms with Gasteiger partial charge < -0.3 is 0 Å². The van der Waals surface area contributed by atoms with Gasteiger partial charge in [0.15, 0.2) is 15.6 Å². The number of nitrogens with zero attached hydrogens (tertiary/aromatic N) is 5. The van der Waals surface area contributed by atoms with Crippen LogP contribution in [0.1, 0.15) is 35.4 Å². The van der Waals surface area contributed by atoms with Crippen molar-refractivity contribution in [3.8, 4) is 5.95 Å². The minimum absolute atomic E-state index is 0.00598. The number of Topliss-reactive ketones (excluding diaryl/α,β-unsaturated/α-hetero) is 1. The highest BCUT2D eigenvalue weighted by Gasteiger charge is 2.21. The molecule has 0 fully saturated rings. The number of rotatable bonds is 6. The fourth-order valence-corrected chi connectivity index (χ4v) is 3.84. The van der Waals surface area contributed by atoms with Gasteiger partial charge in [-0.1, -0.05) is 18.5 Å². The molecule has 0 aliphatic carbocycles. The van der Waals surface area contributed by atoms with Crippen LogP contribution in [0.4, 0.5) is 0 Å². The van der Waals surface area contributed by atoms with Crippen molar-refractivity contribution >= 4 is 49.8 Å². The van der Waals surface area contributed by atoms with E-state index in [1.165, 1.54) is 29.2 Å². The third-order valence-corrected chi connectivity index (χ3v) is 5.79. The van der Waals surface area contributed by atoms with E-state index in [0.717, 1.165) is 9.83 Å². The number of aromatic nitrogens is 5. The second-order valence-corrected chi connectivity index (χ2v) is 9.91. The van der Waals surface area contributed by atoms with E-state index < -0.39 is 9.84 Å². The molecule has 8 nitrogen and oxygen atoms in total. The van der Waals surface area contributed by atoms with Crippen molar-refractivity contribution in [2.75, 3.05) is 6.26 Å². The Hall–Kier alpha value is -1.92. The third kappa shape index (κ3) is 4.73. The fraction of sp³-hybridized carbons (Fsp3) is 0.235. The molecule has 0 saturated heterocycles. The fourth-order valence-electron chi connectivity index (χ4n) is 2.58. The summed E-state index contributed by atoms with van der Waals surface area (Å²) < 4.78 is 25.9. The monoisotopic (exact) mass is 531 g/mol. The van der Waals surface area contributed by atoms with Crippen molar-refractivity contribution in [2.24, 2.45) is 0 Å². The Labute approximate surface area is 180 Å². The summed E-state index contributed by atoms with van der Waals surface area (Å²) in [5.41, 5.74) is 0.233. The van der Waals surface area contributed by atoms with Gasteiger partial charge in [0.05, 0.1) is 4.90 Å². The van der Waals surface area contributed by atoms with Crippen LogP contribution in [-0.4, -0.2) is 45.2 Å². The van der Waals surface area contributed by atoms with Gasteiger partial charge in [-0.15, -0.1) is 0 Å². The van der Waals surface area contributed by atoms with Gasteiger partial charge in [-0.2, -0.15) is 9.78 Å². The average molecular weight is 532 g/mol. The quantitative estimate of drug-likeness (QED) is 0.355. The van der Waals surface area contributed by atoms with Crippen LogP contribution < -0.4 is 0 Å². The van der Waals surface area contributed by atoms with Crippen LogP contribution in [-0.2, 0) is 9.84 Å². The standard InChI is InChI=1S/C17H15ClIN5O3S/c1-10(16-22-9-23-24(16)17-20-7-13(19)8-21-17)3-15(25)11-4-12(18)6-14(5-11)28(2,26)27/h4-10H,3H2,1-2H3/t10-/m1/s1. The van der Waals surface area contributed by atoms with Crippen molar-refractivity contribution in [3.05, 3.63) is 56.9 Å². The lowest BCUT2D eigenvalue weighted by Gasteiger charge is -2.12. The van der Waals surface area contributed by atoms with E-state index in [0.29, 0.717) is 11.8 Å². The highest BCUT2D eigenvalue weighted by molar-refractivity contribution is 14.1. The molecule has 0 aliphatic heterocycles. The number of carbonyl (C=O) groups excluding carboxylic acids is 1. The summed E-state index contributed by atoms with van der Waals surface area (Å²) in [6.07, 6.45) is 5.84. The summed E-state index contributed by atoms with van der Waals surface area (Å²) in [6, 6.07) is 4.11. The molecule has 0 amide bonds. The number of carbonyl (C=O) groups is 1. The molecule has 0 unspecified atom stereocenters. The number of benzene rings is 1. The Balaban J connectivity index is 1.86. The molecule has 11 heteroatoms. The zero-order valence-corrected chi connectivity index (χ0v) is 18.6. The molecule has 0 bridgehead atoms. The van der Waals surface area contributed by atoms with Crippen LogP contribution in [0.25, 0.3) is 5.95 Å². The Kier molecular flexibility index (Phi) is 6.10. The summed E-state index contributed by atoms with van der Waals surface area (Å²) in [6.45, 7) is 1.83. The Morgan fingerprint density at radius 1 is 1.21 bits per heavy atom. The van der Waals surface area contributed by atoms with Gasteiger partial charge in [0.25, 0.3) is 5.95 Å². The predicted molar refractivity (Wildman–Crippen MR) is 112 cm³/mol. The topological polar surface area (TPSA) is 108 Å². The molecule has 3 aromatic rings. The molecule has 146 valence electrons. The Bertz CT molecular complexity index is 1130. The molecule has 1 atom stereocenters. The molecule has 0 saturated carbocycles. The van der Waals surface area contributed by atoms with Crippen LogP contribution in [0.5, 0.6) is 0 Å². The van der Waals surface area contributed by atoms with Crippen LogP contribution >= 0.6 is 34.2 Å². The maximum atomic E-state index is 12.7. The molecule has 2 heterocycles. The molecular weight excluding hydrogens is 517 g/mol. The number of hydrogen-bond acceptors (Lipinski definition) is 7. The van der Waals surface area contributed by atoms with Gasteiger partial charge in [-0.05, 0) is 40.8 Å². The van der Waals surface area contributed by atoms with E-state index in [1.54, 1.807) is 12.4 Å². The second-order valence-electron chi connectivity index (χ2n) is 6.21. The summed E-state index contributed by atoms with van der Waals surface area (Å²) in [7, 11) is -3.48. The summed E-state index contributed by atoms with van der Waals surface area (Å²) >= 11 is 8.10. The van der Waals surface area contributed by atoms with Crippen molar-refractivity contribution in [2.45, 2.75) is 24.2 Å². The number of ketones is 1. The number of hydrogen-bond donors (Lipinski definition) is 0. The summed E-state index contributed by atoms with van der Waals surface area (Å²) in [5, 5.41) is 4.33. The average Bonchev–Trinajstić information content (AvgIpc) is 3.11. The molecule has 28 heavy (non-hydrogen) atoms. The highest BCUT2D eigenvalue weighted by Crippen LogP contribution is 2.24. The smallest absolute Gasteiger partial charge is 0.252 e. The lowest BCUT2D eigenvalue weighted by molar-refractivity contribution is 0.0974. The largest absolute Gasteiger partial charge is 0.294 e. The third-order valence-electron chi connectivity index (χ3n) is 3.92. The van der Waals surface area contributed by atoms with E-state index in [2.05, 4.69) is 42.6 Å². The SMILES string of the molecule is C[C@H](CC(=O)c1cc(Cl)cc(S(C)(=O)=O)c1)c1ncnn1-c1ncc(I)cn1. The molecular formula is C17H15ClIN5O3S. The summed E-state index contributed by atoms with van der Waals surface area (Å²) in [4.78, 5) is 25.4. The first kappa shape index (κ1) is 20.8. The van der Waals surface area contributed by atoms with Gasteiger partial charge in [-0.25, -0.2) is 23.4 Å². The van der Waals surface area contributed by atoms with Gasteiger partial charge in [-0.3, -0.25) is 4.79 Å². The molecule has 3 rings (SSSR count). The molecule has 0 N–H and O–H groups in total. The maximum Gasteiger partial charge on any atom is 0.252 e. The van der Waals surface area contributed by atoms with Gasteiger partial charge in [0.1, 0.15) is 12.2 Å². The zero-order valence-electron chi connectivity index (χ0n) is 14.9. The first-order chi connectivity index (χ1) is 13.1. The Morgan fingerprint density at radius 2 is 1.89 bits per heavy atom. The molecule has 0 aliphatic rings. The first-order valence-corrected chi connectivity index (χ1v) is 11.4. The lowest BCUT2D eigenvalue weighted by Crippen LogP contribution is -2.13. The molecule has 1 aromatic carbocycles. The minimum Gasteiger partial charge on any atom is -0.294 e. The first-order valence-electron chi connectivity index (χ1n) is 8.07. The minimum atomic E-state index is -3.48. The second kappa shape index (κ2) is 8.21. The number of halogens is 2. The maximum absolute atomic E-state index is 12.7. The van der Waals surface area contributed by atoms with Crippen molar-refractivity contribution in [1.82, 2.24) is 24.7 Å². The lowest BCUT2D eigenvalue weighted by atomic mass is 9.99. The van der Waals surface area contributed by atoms with Crippen molar-refractivity contribution in [3.63, 3.8) is 0 Å². The molecule has 0 spiro atoms. The van der Waals surface area contributed by atoms with Crippen molar-refractivity contribution < 1.29 is 13.2 Å². The van der Waals surface area contributed by atoms with Crippen molar-refractivity contribution in [1.29, 1.82) is 0 Å². The van der Waals surface area contributed by atoms with Crippen LogP contribution in [0.15, 0.2) is 41.8 Å². The molecule has 2 aromatic heterocycles. The van der Waals surface area contributed by atoms with Gasteiger partial charge in [0.2, 0.25) is 0 Å². The van der Waals surface area contributed by atoms with Gasteiger partial charge >= 0.3 is 0 Å². The van der Waals surface area contributed by atoms with Crippen LogP contribution in [0.3, 0.4) is 0 Å². The number of sulfone groups is 1. The van der Waals surface area contributed by atoms with E-state index in [4.69, 9.17) is 11.6 Å². The normalized spacial score (nSPS) is 12.7. The zero-order chi connectivity index (χ0) is 20.5. The van der Waals surface area contributed by atoms with Crippen LogP contribution in [0.2, 0.25) is 5.02 Å². The Morgan fingerprint density at radius 3 is 2.54 bits per heavy atom. The predicted octanol–water partition coefficient (Wildman–Crippen LogP) is 3.10. The van der Waals surface area contributed by atoms with Gasteiger partial charge in [0, 0.05) is 45.1 Å². The van der Waals surface area contributed by atoms with E-state index in [-0.39, 0.29) is 33.6 Å². The van der Waals surface area contributed by atoms with E-state index >= 15 is 0 Å². The van der Waals surface area contributed by atoms with E-state index in [1.807, 2.05) is 6.92 Å². The molecule has 0 radical (unpaired) electrons.